The maximum Gasteiger partial charge on any atom is 0.230 e. The number of hydrogen-bond donors (Lipinski definition) is 2. The van der Waals surface area contributed by atoms with Crippen molar-refractivity contribution in [3.8, 4) is 5.75 Å². The minimum atomic E-state index is -0.404. The van der Waals surface area contributed by atoms with Crippen molar-refractivity contribution in [2.24, 2.45) is 5.41 Å². The van der Waals surface area contributed by atoms with E-state index >= 15 is 0 Å². The third kappa shape index (κ3) is 2.55. The molecule has 0 aliphatic rings. The number of rotatable bonds is 3. The number of amides is 1. The van der Waals surface area contributed by atoms with Crippen molar-refractivity contribution in [2.75, 3.05) is 5.32 Å². The molecule has 19 heavy (non-hydrogen) atoms. The Kier molecular flexibility index (Phi) is 3.47. The van der Waals surface area contributed by atoms with Crippen molar-refractivity contribution in [3.05, 3.63) is 36.4 Å². The number of carbonyl (C=O) groups excluding carboxylic acids is 1. The van der Waals surface area contributed by atoms with Gasteiger partial charge in [-0.1, -0.05) is 45.0 Å². The van der Waals surface area contributed by atoms with Crippen LogP contribution in [0.25, 0.3) is 10.8 Å². The summed E-state index contributed by atoms with van der Waals surface area (Å²) in [4.78, 5) is 12.2. The van der Waals surface area contributed by atoms with E-state index in [1.165, 1.54) is 0 Å². The lowest BCUT2D eigenvalue weighted by atomic mass is 9.89. The van der Waals surface area contributed by atoms with Crippen molar-refractivity contribution in [1.82, 2.24) is 0 Å². The zero-order valence-electron chi connectivity index (χ0n) is 11.5. The maximum absolute atomic E-state index is 12.2. The van der Waals surface area contributed by atoms with Crippen molar-refractivity contribution >= 4 is 22.4 Å². The van der Waals surface area contributed by atoms with Crippen molar-refractivity contribution in [3.63, 3.8) is 0 Å². The number of carbonyl (C=O) groups is 1. The van der Waals surface area contributed by atoms with Gasteiger partial charge in [0.2, 0.25) is 5.91 Å². The fourth-order valence-electron chi connectivity index (χ4n) is 1.85. The highest BCUT2D eigenvalue weighted by Crippen LogP contribution is 2.31. The molecule has 100 valence electrons. The van der Waals surface area contributed by atoms with Gasteiger partial charge in [-0.2, -0.15) is 0 Å². The Labute approximate surface area is 113 Å². The first-order valence-electron chi connectivity index (χ1n) is 6.48. The first-order chi connectivity index (χ1) is 8.95. The fraction of sp³-hybridized carbons (Fsp3) is 0.312. The molecule has 0 heterocycles. The van der Waals surface area contributed by atoms with Gasteiger partial charge in [-0.3, -0.25) is 4.79 Å². The second kappa shape index (κ2) is 4.92. The molecule has 2 aromatic rings. The van der Waals surface area contributed by atoms with Crippen LogP contribution in [0, 0.1) is 5.41 Å². The van der Waals surface area contributed by atoms with E-state index in [0.717, 1.165) is 22.9 Å². The summed E-state index contributed by atoms with van der Waals surface area (Å²) in [5.41, 5.74) is 0.332. The predicted octanol–water partition coefficient (Wildman–Crippen LogP) is 3.92. The topological polar surface area (TPSA) is 49.3 Å². The van der Waals surface area contributed by atoms with E-state index < -0.39 is 5.41 Å². The Bertz CT molecular complexity index is 617. The molecule has 0 spiro atoms. The molecule has 0 unspecified atom stereocenters. The van der Waals surface area contributed by atoms with E-state index in [9.17, 15) is 9.90 Å². The van der Waals surface area contributed by atoms with Crippen molar-refractivity contribution < 1.29 is 9.90 Å². The summed E-state index contributed by atoms with van der Waals surface area (Å²) in [6.45, 7) is 5.84. The monoisotopic (exact) mass is 257 g/mol. The lowest BCUT2D eigenvalue weighted by Crippen LogP contribution is -2.30. The van der Waals surface area contributed by atoms with Crippen LogP contribution >= 0.6 is 0 Å². The predicted molar refractivity (Wildman–Crippen MR) is 78.3 cm³/mol. The highest BCUT2D eigenvalue weighted by atomic mass is 16.3. The van der Waals surface area contributed by atoms with E-state index in [2.05, 4.69) is 5.32 Å². The molecule has 2 aromatic carbocycles. The summed E-state index contributed by atoms with van der Waals surface area (Å²) < 4.78 is 0. The van der Waals surface area contributed by atoms with E-state index in [-0.39, 0.29) is 11.7 Å². The van der Waals surface area contributed by atoms with Gasteiger partial charge in [0.05, 0.1) is 0 Å². The third-order valence-electron chi connectivity index (χ3n) is 3.65. The van der Waals surface area contributed by atoms with Crippen LogP contribution in [0.5, 0.6) is 5.75 Å². The van der Waals surface area contributed by atoms with Crippen molar-refractivity contribution in [1.29, 1.82) is 0 Å². The van der Waals surface area contributed by atoms with E-state index in [1.54, 1.807) is 12.1 Å². The molecule has 2 N–H and O–H groups in total. The molecule has 0 bridgehead atoms. The number of nitrogens with one attached hydrogen (secondary N) is 1. The molecule has 0 aliphatic heterocycles. The number of anilines is 1. The first-order valence-corrected chi connectivity index (χ1v) is 6.48. The molecule has 0 fully saturated rings. The summed E-state index contributed by atoms with van der Waals surface area (Å²) in [5, 5.41) is 14.4. The van der Waals surface area contributed by atoms with E-state index in [4.69, 9.17) is 0 Å². The van der Waals surface area contributed by atoms with Crippen LogP contribution in [-0.2, 0) is 4.79 Å². The van der Waals surface area contributed by atoms with Crippen LogP contribution in [0.15, 0.2) is 36.4 Å². The van der Waals surface area contributed by atoms with Gasteiger partial charge in [0, 0.05) is 21.9 Å². The maximum atomic E-state index is 12.2. The second-order valence-corrected chi connectivity index (χ2v) is 5.37. The number of phenols is 1. The Morgan fingerprint density at radius 1 is 1.16 bits per heavy atom. The Morgan fingerprint density at radius 2 is 1.79 bits per heavy atom. The normalized spacial score (nSPS) is 11.5. The minimum absolute atomic E-state index is 0.00848. The van der Waals surface area contributed by atoms with Crippen LogP contribution in [0.3, 0.4) is 0 Å². The molecule has 1 amide bonds. The quantitative estimate of drug-likeness (QED) is 0.875. The molecule has 3 nitrogen and oxygen atoms in total. The lowest BCUT2D eigenvalue weighted by molar-refractivity contribution is -0.124. The van der Waals surface area contributed by atoms with Gasteiger partial charge < -0.3 is 10.4 Å². The molecule has 0 aliphatic carbocycles. The molecule has 3 heteroatoms. The molecule has 0 saturated heterocycles. The largest absolute Gasteiger partial charge is 0.507 e. The van der Waals surface area contributed by atoms with Crippen LogP contribution in [-0.4, -0.2) is 11.0 Å². The number of hydrogen-bond acceptors (Lipinski definition) is 2. The van der Waals surface area contributed by atoms with Gasteiger partial charge in [-0.25, -0.2) is 0 Å². The third-order valence-corrected chi connectivity index (χ3v) is 3.65. The Balaban J connectivity index is 2.42. The summed E-state index contributed by atoms with van der Waals surface area (Å²) in [7, 11) is 0. The van der Waals surface area contributed by atoms with Crippen molar-refractivity contribution in [2.45, 2.75) is 27.2 Å². The molecular formula is C16H19NO2. The van der Waals surface area contributed by atoms with Crippen LogP contribution < -0.4 is 5.32 Å². The molecule has 0 saturated carbocycles. The number of benzene rings is 2. The van der Waals surface area contributed by atoms with Gasteiger partial charge in [-0.05, 0) is 18.6 Å². The standard InChI is InChI=1S/C16H19NO2/c1-4-16(2,3)15(19)17-13-9-5-8-12-11(13)7-6-10-14(12)18/h5-10,18H,4H2,1-3H3,(H,17,19). The lowest BCUT2D eigenvalue weighted by Gasteiger charge is -2.22. The molecule has 0 atom stereocenters. The molecule has 2 rings (SSSR count). The molecule has 0 aromatic heterocycles. The van der Waals surface area contributed by atoms with E-state index in [1.807, 2.05) is 45.0 Å². The smallest absolute Gasteiger partial charge is 0.230 e. The number of aromatic hydroxyl groups is 1. The Morgan fingerprint density at radius 3 is 2.47 bits per heavy atom. The average Bonchev–Trinajstić information content (AvgIpc) is 2.40. The van der Waals surface area contributed by atoms with Crippen LogP contribution in [0.4, 0.5) is 5.69 Å². The summed E-state index contributed by atoms with van der Waals surface area (Å²) in [6, 6.07) is 10.8. The first kappa shape index (κ1) is 13.4. The van der Waals surface area contributed by atoms with Gasteiger partial charge in [0.25, 0.3) is 0 Å². The minimum Gasteiger partial charge on any atom is -0.507 e. The highest BCUT2D eigenvalue weighted by molar-refractivity contribution is 6.05. The number of fused-ring (bicyclic) bond motifs is 1. The summed E-state index contributed by atoms with van der Waals surface area (Å²) in [5.74, 6) is 0.217. The second-order valence-electron chi connectivity index (χ2n) is 5.37. The molecular weight excluding hydrogens is 238 g/mol. The summed E-state index contributed by atoms with van der Waals surface area (Å²) >= 11 is 0. The van der Waals surface area contributed by atoms with Gasteiger partial charge >= 0.3 is 0 Å². The fourth-order valence-corrected chi connectivity index (χ4v) is 1.85. The molecule has 0 radical (unpaired) electrons. The highest BCUT2D eigenvalue weighted by Gasteiger charge is 2.25. The summed E-state index contributed by atoms with van der Waals surface area (Å²) in [6.07, 6.45) is 0.773. The zero-order valence-corrected chi connectivity index (χ0v) is 11.5. The average molecular weight is 257 g/mol. The van der Waals surface area contributed by atoms with Crippen LogP contribution in [0.2, 0.25) is 0 Å². The van der Waals surface area contributed by atoms with E-state index in [0.29, 0.717) is 0 Å². The van der Waals surface area contributed by atoms with Crippen LogP contribution in [0.1, 0.15) is 27.2 Å². The number of phenolic OH excluding ortho intramolecular Hbond substituents is 1. The SMILES string of the molecule is CCC(C)(C)C(=O)Nc1cccc2c(O)cccc12. The van der Waals surface area contributed by atoms with Gasteiger partial charge in [-0.15, -0.1) is 0 Å². The van der Waals surface area contributed by atoms with Gasteiger partial charge in [0.1, 0.15) is 5.75 Å². The zero-order chi connectivity index (χ0) is 14.0. The Hall–Kier alpha value is -2.03. The van der Waals surface area contributed by atoms with Gasteiger partial charge in [0.15, 0.2) is 0 Å².